The third-order valence-corrected chi connectivity index (χ3v) is 9.62. The highest BCUT2D eigenvalue weighted by atomic mass is 35.5. The molecule has 2 aliphatic rings. The van der Waals surface area contributed by atoms with Gasteiger partial charge in [0.1, 0.15) is 16.7 Å². The molecular formula is C19H20ClF4NO4S2. The van der Waals surface area contributed by atoms with Crippen LogP contribution in [0.2, 0.25) is 5.02 Å². The molecule has 31 heavy (non-hydrogen) atoms. The molecule has 0 amide bonds. The van der Waals surface area contributed by atoms with Crippen molar-refractivity contribution in [1.82, 2.24) is 4.72 Å². The van der Waals surface area contributed by atoms with Gasteiger partial charge in [0.05, 0.1) is 4.90 Å². The second kappa shape index (κ2) is 8.84. The molecule has 0 heterocycles. The van der Waals surface area contributed by atoms with Crippen molar-refractivity contribution >= 4 is 31.5 Å². The smallest absolute Gasteiger partial charge is 0.242 e. The molecule has 172 valence electrons. The van der Waals surface area contributed by atoms with Crippen LogP contribution in [0.3, 0.4) is 0 Å². The van der Waals surface area contributed by atoms with Crippen molar-refractivity contribution in [2.75, 3.05) is 0 Å². The minimum atomic E-state index is -4.88. The van der Waals surface area contributed by atoms with E-state index in [2.05, 4.69) is 0 Å². The molecule has 0 aromatic heterocycles. The lowest BCUT2D eigenvalue weighted by Crippen LogP contribution is -2.51. The molecule has 0 radical (unpaired) electrons. The number of allylic oxidation sites excluding steroid dienone is 3. The molecule has 1 aromatic carbocycles. The average Bonchev–Trinajstić information content (AvgIpc) is 2.70. The Morgan fingerprint density at radius 3 is 2.19 bits per heavy atom. The van der Waals surface area contributed by atoms with Crippen LogP contribution < -0.4 is 4.72 Å². The fourth-order valence-electron chi connectivity index (χ4n) is 4.10. The molecule has 1 atom stereocenters. The lowest BCUT2D eigenvalue weighted by Gasteiger charge is -2.42. The van der Waals surface area contributed by atoms with Crippen LogP contribution >= 0.6 is 11.6 Å². The Kier molecular flexibility index (Phi) is 6.90. The molecule has 2 aliphatic carbocycles. The first kappa shape index (κ1) is 24.2. The Hall–Kier alpha value is -1.43. The molecule has 1 unspecified atom stereocenters. The van der Waals surface area contributed by atoms with E-state index in [1.807, 2.05) is 4.72 Å². The van der Waals surface area contributed by atoms with Crippen LogP contribution in [0.1, 0.15) is 32.1 Å². The topological polar surface area (TPSA) is 80.3 Å². The summed E-state index contributed by atoms with van der Waals surface area (Å²) in [5, 5.41) is 0.285. The summed E-state index contributed by atoms with van der Waals surface area (Å²) in [7, 11) is -9.14. The van der Waals surface area contributed by atoms with E-state index in [0.29, 0.717) is 0 Å². The summed E-state index contributed by atoms with van der Waals surface area (Å²) in [5.41, 5.74) is -0.252. The molecule has 5 nitrogen and oxygen atoms in total. The largest absolute Gasteiger partial charge is 0.350 e. The van der Waals surface area contributed by atoms with Crippen molar-refractivity contribution in [3.63, 3.8) is 0 Å². The van der Waals surface area contributed by atoms with Crippen LogP contribution in [0.25, 0.3) is 0 Å². The molecule has 0 aliphatic heterocycles. The summed E-state index contributed by atoms with van der Waals surface area (Å²) in [5.74, 6) is -4.40. The van der Waals surface area contributed by atoms with Gasteiger partial charge in [-0.1, -0.05) is 11.6 Å². The zero-order valence-corrected chi connectivity index (χ0v) is 18.5. The van der Waals surface area contributed by atoms with Gasteiger partial charge < -0.3 is 0 Å². The monoisotopic (exact) mass is 501 g/mol. The van der Waals surface area contributed by atoms with Crippen molar-refractivity contribution < 1.29 is 34.4 Å². The van der Waals surface area contributed by atoms with E-state index in [-0.39, 0.29) is 47.6 Å². The van der Waals surface area contributed by atoms with Gasteiger partial charge in [-0.15, -0.1) is 0 Å². The maximum Gasteiger partial charge on any atom is 0.350 e. The molecule has 3 rings (SSSR count). The standard InChI is InChI=1S/C19H20ClF4NO4S2/c20-12-1-4-15(5-2-12)30(26,27)19(16-11-13(21)3-6-17(16)22)9-7-14(8-10-19)25-31(28,29)18(23)24/h1-5,11,14,17-18,25H,6-10H2. The summed E-state index contributed by atoms with van der Waals surface area (Å²) in [6, 6.07) is 4.28. The Labute approximate surface area is 183 Å². The Bertz CT molecular complexity index is 1090. The highest BCUT2D eigenvalue weighted by Gasteiger charge is 2.52. The number of hydrogen-bond donors (Lipinski definition) is 1. The minimum Gasteiger partial charge on any atom is -0.242 e. The van der Waals surface area contributed by atoms with Crippen molar-refractivity contribution in [2.24, 2.45) is 0 Å². The van der Waals surface area contributed by atoms with Gasteiger partial charge in [0, 0.05) is 17.5 Å². The molecule has 0 bridgehead atoms. The van der Waals surface area contributed by atoms with Gasteiger partial charge in [0.15, 0.2) is 9.84 Å². The van der Waals surface area contributed by atoms with Gasteiger partial charge in [-0.2, -0.15) is 8.78 Å². The summed E-state index contributed by atoms with van der Waals surface area (Å²) in [6.45, 7) is 0. The summed E-state index contributed by atoms with van der Waals surface area (Å²) < 4.78 is 104. The Morgan fingerprint density at radius 1 is 1.06 bits per heavy atom. The molecule has 0 saturated heterocycles. The molecule has 1 N–H and O–H groups in total. The molecule has 1 saturated carbocycles. The lowest BCUT2D eigenvalue weighted by atomic mass is 9.77. The van der Waals surface area contributed by atoms with E-state index >= 15 is 0 Å². The fraction of sp³-hybridized carbons (Fsp3) is 0.474. The molecule has 1 fully saturated rings. The maximum atomic E-state index is 14.9. The number of halogens is 5. The predicted octanol–water partition coefficient (Wildman–Crippen LogP) is 4.46. The van der Waals surface area contributed by atoms with Gasteiger partial charge in [-0.05, 0) is 67.7 Å². The van der Waals surface area contributed by atoms with Crippen molar-refractivity contribution in [3.05, 3.63) is 52.8 Å². The van der Waals surface area contributed by atoms with Gasteiger partial charge in [-0.25, -0.2) is 30.3 Å². The van der Waals surface area contributed by atoms with Crippen molar-refractivity contribution in [3.8, 4) is 0 Å². The number of rotatable bonds is 6. The van der Waals surface area contributed by atoms with Crippen LogP contribution in [0.15, 0.2) is 52.7 Å². The number of benzene rings is 1. The SMILES string of the molecule is O=S(=O)(NC1CCC(C2=CC(F)=CCC2F)(S(=O)(=O)c2ccc(Cl)cc2)CC1)C(F)F. The second-order valence-electron chi connectivity index (χ2n) is 7.54. The van der Waals surface area contributed by atoms with Gasteiger partial charge in [0.2, 0.25) is 0 Å². The highest BCUT2D eigenvalue weighted by Crippen LogP contribution is 2.48. The Balaban J connectivity index is 2.02. The lowest BCUT2D eigenvalue weighted by molar-refractivity contribution is 0.228. The first-order valence-electron chi connectivity index (χ1n) is 9.40. The average molecular weight is 502 g/mol. The van der Waals surface area contributed by atoms with Gasteiger partial charge in [-0.3, -0.25) is 0 Å². The van der Waals surface area contributed by atoms with E-state index in [9.17, 15) is 34.4 Å². The van der Waals surface area contributed by atoms with E-state index < -0.39 is 48.4 Å². The molecule has 12 heteroatoms. The van der Waals surface area contributed by atoms with Gasteiger partial charge >= 0.3 is 5.76 Å². The van der Waals surface area contributed by atoms with Crippen LogP contribution in [-0.4, -0.2) is 39.6 Å². The van der Waals surface area contributed by atoms with E-state index in [4.69, 9.17) is 11.6 Å². The number of nitrogens with one attached hydrogen (secondary N) is 1. The summed E-state index contributed by atoms with van der Waals surface area (Å²) in [4.78, 5) is -0.147. The number of alkyl halides is 3. The van der Waals surface area contributed by atoms with Crippen LogP contribution in [0.5, 0.6) is 0 Å². The Morgan fingerprint density at radius 2 is 1.65 bits per heavy atom. The molecule has 1 aromatic rings. The zero-order valence-electron chi connectivity index (χ0n) is 16.1. The quantitative estimate of drug-likeness (QED) is 0.584. The fourth-order valence-corrected chi connectivity index (χ4v) is 7.24. The predicted molar refractivity (Wildman–Crippen MR) is 108 cm³/mol. The maximum absolute atomic E-state index is 14.9. The second-order valence-corrected chi connectivity index (χ2v) is 11.9. The van der Waals surface area contributed by atoms with Crippen molar-refractivity contribution in [1.29, 1.82) is 0 Å². The van der Waals surface area contributed by atoms with Crippen molar-refractivity contribution in [2.45, 2.75) is 59.7 Å². The third kappa shape index (κ3) is 4.69. The summed E-state index contributed by atoms with van der Waals surface area (Å²) in [6.07, 6.45) is -1.04. The normalized spacial score (nSPS) is 27.7. The van der Waals surface area contributed by atoms with E-state index in [1.165, 1.54) is 24.3 Å². The van der Waals surface area contributed by atoms with E-state index in [1.54, 1.807) is 0 Å². The van der Waals surface area contributed by atoms with E-state index in [0.717, 1.165) is 12.2 Å². The zero-order chi connectivity index (χ0) is 23.0. The first-order valence-corrected chi connectivity index (χ1v) is 12.8. The number of sulfonamides is 1. The molecule has 0 spiro atoms. The third-order valence-electron chi connectivity index (χ3n) is 5.67. The number of sulfone groups is 1. The van der Waals surface area contributed by atoms with Crippen LogP contribution in [-0.2, 0) is 19.9 Å². The molecular weight excluding hydrogens is 482 g/mol. The van der Waals surface area contributed by atoms with Gasteiger partial charge in [0.25, 0.3) is 10.0 Å². The minimum absolute atomic E-state index is 0.145. The number of hydrogen-bond acceptors (Lipinski definition) is 4. The van der Waals surface area contributed by atoms with Crippen LogP contribution in [0, 0.1) is 0 Å². The van der Waals surface area contributed by atoms with Crippen LogP contribution in [0.4, 0.5) is 17.6 Å². The summed E-state index contributed by atoms with van der Waals surface area (Å²) >= 11 is 5.83. The highest BCUT2D eigenvalue weighted by molar-refractivity contribution is 7.93. The first-order chi connectivity index (χ1) is 14.4.